The van der Waals surface area contributed by atoms with Crippen molar-refractivity contribution in [2.24, 2.45) is 0 Å². The van der Waals surface area contributed by atoms with Crippen molar-refractivity contribution in [1.29, 1.82) is 0 Å². The monoisotopic (exact) mass is 259 g/mol. The average molecular weight is 259 g/mol. The van der Waals surface area contributed by atoms with Gasteiger partial charge in [-0.1, -0.05) is 6.07 Å². The molecule has 0 aliphatic heterocycles. The van der Waals surface area contributed by atoms with Gasteiger partial charge in [-0.15, -0.1) is 0 Å². The predicted octanol–water partition coefficient (Wildman–Crippen LogP) is 0.697. The molecule has 0 fully saturated rings. The fraction of sp³-hybridized carbons (Fsp3) is 0.300. The zero-order chi connectivity index (χ0) is 12.9. The largest absolute Gasteiger partial charge is 0.508 e. The first-order chi connectivity index (χ1) is 7.93. The van der Waals surface area contributed by atoms with Gasteiger partial charge in [-0.2, -0.15) is 0 Å². The van der Waals surface area contributed by atoms with Crippen LogP contribution in [0.2, 0.25) is 0 Å². The normalized spacial score (nSPS) is 10.9. The molecule has 6 nitrogen and oxygen atoms in total. The average Bonchev–Trinajstić information content (AvgIpc) is 2.25. The number of methoxy groups -OCH3 is 1. The first-order valence-electron chi connectivity index (χ1n) is 4.79. The quantitative estimate of drug-likeness (QED) is 0.759. The Hall–Kier alpha value is -1.76. The van der Waals surface area contributed by atoms with Crippen molar-refractivity contribution in [3.05, 3.63) is 24.3 Å². The number of phenols is 1. The summed E-state index contributed by atoms with van der Waals surface area (Å²) in [6.45, 7) is 0. The van der Waals surface area contributed by atoms with Gasteiger partial charge in [0, 0.05) is 6.07 Å². The number of nitrogens with one attached hydrogen (secondary N) is 1. The molecule has 0 heterocycles. The highest BCUT2D eigenvalue weighted by Crippen LogP contribution is 2.16. The third kappa shape index (κ3) is 4.73. The minimum absolute atomic E-state index is 0.0434. The molecule has 7 heteroatoms. The summed E-state index contributed by atoms with van der Waals surface area (Å²) in [5.74, 6) is -1.00. The Kier molecular flexibility index (Phi) is 4.33. The lowest BCUT2D eigenvalue weighted by Gasteiger charge is -2.07. The van der Waals surface area contributed by atoms with Crippen molar-refractivity contribution in [3.8, 4) is 5.75 Å². The highest BCUT2D eigenvalue weighted by Gasteiger charge is 2.13. The molecule has 1 aromatic rings. The Morgan fingerprint density at radius 2 is 2.18 bits per heavy atom. The number of ether oxygens (including phenoxy) is 1. The summed E-state index contributed by atoms with van der Waals surface area (Å²) in [5, 5.41) is 9.16. The number of sulfonamides is 1. The van der Waals surface area contributed by atoms with Crippen molar-refractivity contribution in [3.63, 3.8) is 0 Å². The number of aromatic hydroxyl groups is 1. The molecule has 0 atom stereocenters. The summed E-state index contributed by atoms with van der Waals surface area (Å²) in [7, 11) is -2.43. The van der Waals surface area contributed by atoms with Crippen molar-refractivity contribution >= 4 is 21.7 Å². The van der Waals surface area contributed by atoms with E-state index >= 15 is 0 Å². The predicted molar refractivity (Wildman–Crippen MR) is 62.1 cm³/mol. The van der Waals surface area contributed by atoms with E-state index in [0.717, 1.165) is 0 Å². The molecule has 0 saturated heterocycles. The molecule has 0 unspecified atom stereocenters. The Morgan fingerprint density at radius 3 is 2.76 bits per heavy atom. The lowest BCUT2D eigenvalue weighted by atomic mass is 10.3. The number of carbonyl (C=O) groups excluding carboxylic acids is 1. The number of esters is 1. The van der Waals surface area contributed by atoms with E-state index in [0.29, 0.717) is 0 Å². The second-order valence-corrected chi connectivity index (χ2v) is 5.14. The Labute approximate surface area is 99.3 Å². The second-order valence-electron chi connectivity index (χ2n) is 3.30. The summed E-state index contributed by atoms with van der Waals surface area (Å²) in [6.07, 6.45) is -0.218. The lowest BCUT2D eigenvalue weighted by Crippen LogP contribution is -2.19. The molecule has 0 spiro atoms. The van der Waals surface area contributed by atoms with E-state index < -0.39 is 16.0 Å². The van der Waals surface area contributed by atoms with Crippen molar-refractivity contribution in [1.82, 2.24) is 0 Å². The van der Waals surface area contributed by atoms with Crippen LogP contribution in [-0.2, 0) is 19.6 Å². The molecule has 0 bridgehead atoms. The summed E-state index contributed by atoms with van der Waals surface area (Å²) in [5.41, 5.74) is 0.245. The number of benzene rings is 1. The van der Waals surface area contributed by atoms with Crippen LogP contribution < -0.4 is 4.72 Å². The maximum Gasteiger partial charge on any atom is 0.306 e. The van der Waals surface area contributed by atoms with E-state index in [1.165, 1.54) is 31.4 Å². The number of anilines is 1. The van der Waals surface area contributed by atoms with Crippen LogP contribution in [0, 0.1) is 0 Å². The molecule has 0 aromatic heterocycles. The second kappa shape index (κ2) is 5.53. The van der Waals surface area contributed by atoms with Crippen LogP contribution in [0.25, 0.3) is 0 Å². The molecule has 1 rings (SSSR count). The molecule has 2 N–H and O–H groups in total. The molecular weight excluding hydrogens is 246 g/mol. The van der Waals surface area contributed by atoms with Crippen LogP contribution in [0.15, 0.2) is 24.3 Å². The van der Waals surface area contributed by atoms with Gasteiger partial charge in [0.25, 0.3) is 0 Å². The summed E-state index contributed by atoms with van der Waals surface area (Å²) in [6, 6.07) is 5.70. The lowest BCUT2D eigenvalue weighted by molar-refractivity contribution is -0.140. The van der Waals surface area contributed by atoms with Crippen LogP contribution >= 0.6 is 0 Å². The van der Waals surface area contributed by atoms with Gasteiger partial charge in [0.15, 0.2) is 0 Å². The third-order valence-corrected chi connectivity index (χ3v) is 3.21. The van der Waals surface area contributed by atoms with Crippen molar-refractivity contribution < 1.29 is 23.1 Å². The first kappa shape index (κ1) is 13.3. The highest BCUT2D eigenvalue weighted by molar-refractivity contribution is 7.92. The van der Waals surface area contributed by atoms with E-state index in [9.17, 15) is 13.2 Å². The SMILES string of the molecule is COC(=O)CCS(=O)(=O)Nc1cccc(O)c1. The standard InChI is InChI=1S/C10H13NO5S/c1-16-10(13)5-6-17(14,15)11-8-3-2-4-9(12)7-8/h2-4,7,11-12H,5-6H2,1H3. The zero-order valence-electron chi connectivity index (χ0n) is 9.21. The van der Waals surface area contributed by atoms with Crippen molar-refractivity contribution in [2.45, 2.75) is 6.42 Å². The van der Waals surface area contributed by atoms with Crippen LogP contribution in [0.4, 0.5) is 5.69 Å². The van der Waals surface area contributed by atoms with Crippen LogP contribution in [0.3, 0.4) is 0 Å². The maximum absolute atomic E-state index is 11.5. The van der Waals surface area contributed by atoms with Crippen LogP contribution in [-0.4, -0.2) is 32.4 Å². The molecule has 1 aromatic carbocycles. The Balaban J connectivity index is 2.64. The third-order valence-electron chi connectivity index (χ3n) is 1.92. The molecule has 94 valence electrons. The van der Waals surface area contributed by atoms with E-state index in [1.54, 1.807) is 0 Å². The minimum atomic E-state index is -3.62. The zero-order valence-corrected chi connectivity index (χ0v) is 10.0. The smallest absolute Gasteiger partial charge is 0.306 e. The van der Waals surface area contributed by atoms with Gasteiger partial charge in [-0.05, 0) is 12.1 Å². The number of hydrogen-bond donors (Lipinski definition) is 2. The molecule has 0 amide bonds. The molecule has 0 aliphatic rings. The van der Waals surface area contributed by atoms with Gasteiger partial charge >= 0.3 is 5.97 Å². The molecule has 17 heavy (non-hydrogen) atoms. The van der Waals surface area contributed by atoms with E-state index in [2.05, 4.69) is 9.46 Å². The number of hydrogen-bond acceptors (Lipinski definition) is 5. The van der Waals surface area contributed by atoms with Gasteiger partial charge in [0.1, 0.15) is 5.75 Å². The Bertz CT molecular complexity index is 497. The van der Waals surface area contributed by atoms with Gasteiger partial charge in [-0.25, -0.2) is 8.42 Å². The summed E-state index contributed by atoms with van der Waals surface area (Å²) < 4.78 is 29.6. The number of rotatable bonds is 5. The summed E-state index contributed by atoms with van der Waals surface area (Å²) >= 11 is 0. The molecule has 0 aliphatic carbocycles. The highest BCUT2D eigenvalue weighted by atomic mass is 32.2. The molecular formula is C10H13NO5S. The van der Waals surface area contributed by atoms with Crippen molar-refractivity contribution in [2.75, 3.05) is 17.6 Å². The van der Waals surface area contributed by atoms with Crippen LogP contribution in [0.1, 0.15) is 6.42 Å². The fourth-order valence-electron chi connectivity index (χ4n) is 1.12. The Morgan fingerprint density at radius 1 is 1.47 bits per heavy atom. The fourth-order valence-corrected chi connectivity index (χ4v) is 2.14. The topological polar surface area (TPSA) is 92.7 Å². The minimum Gasteiger partial charge on any atom is -0.508 e. The number of carbonyl (C=O) groups is 1. The maximum atomic E-state index is 11.5. The number of phenolic OH excluding ortho intramolecular Hbond substituents is 1. The van der Waals surface area contributed by atoms with Crippen LogP contribution in [0.5, 0.6) is 5.75 Å². The van der Waals surface area contributed by atoms with Gasteiger partial charge in [0.05, 0.1) is 25.0 Å². The van der Waals surface area contributed by atoms with Gasteiger partial charge in [0.2, 0.25) is 10.0 Å². The molecule has 0 saturated carbocycles. The van der Waals surface area contributed by atoms with Gasteiger partial charge in [-0.3, -0.25) is 9.52 Å². The summed E-state index contributed by atoms with van der Waals surface area (Å²) in [4.78, 5) is 10.8. The first-order valence-corrected chi connectivity index (χ1v) is 6.44. The van der Waals surface area contributed by atoms with E-state index in [4.69, 9.17) is 5.11 Å². The van der Waals surface area contributed by atoms with E-state index in [1.807, 2.05) is 0 Å². The van der Waals surface area contributed by atoms with Gasteiger partial charge < -0.3 is 9.84 Å². The van der Waals surface area contributed by atoms with E-state index in [-0.39, 0.29) is 23.6 Å². The molecule has 0 radical (unpaired) electrons.